The average Bonchev–Trinajstić information content (AvgIpc) is 3.28. The van der Waals surface area contributed by atoms with E-state index in [1.165, 1.54) is 12.1 Å². The number of nitrogens with zero attached hydrogens (tertiary/aromatic N) is 3. The summed E-state index contributed by atoms with van der Waals surface area (Å²) in [7, 11) is 0. The first-order chi connectivity index (χ1) is 15.3. The van der Waals surface area contributed by atoms with Gasteiger partial charge in [0.15, 0.2) is 0 Å². The van der Waals surface area contributed by atoms with Gasteiger partial charge in [-0.15, -0.1) is 0 Å². The molecular formula is C23H22F3N3O3. The smallest absolute Gasteiger partial charge is 0.368 e. The first kappa shape index (κ1) is 22.0. The molecule has 6 nitrogen and oxygen atoms in total. The lowest BCUT2D eigenvalue weighted by Crippen LogP contribution is -2.42. The third-order valence-corrected chi connectivity index (χ3v) is 5.34. The van der Waals surface area contributed by atoms with Crippen LogP contribution < -0.4 is 0 Å². The molecule has 168 valence electrons. The first-order valence-corrected chi connectivity index (χ1v) is 10.3. The van der Waals surface area contributed by atoms with Crippen LogP contribution in [0, 0.1) is 0 Å². The molecule has 4 rings (SSSR count). The standard InChI is InChI=1S/C23H22F3N3O3/c1-2-16-13-20(32-28-16)22(30)29-10-11-31-21(14-29)19-9-5-7-17(27-19)12-15-6-3-4-8-18(15)23(24,25)26/h3-9,13,21H,2,10-12,14H2,1H3/t21-/m0/s1. The number of hydrogen-bond acceptors (Lipinski definition) is 5. The van der Waals surface area contributed by atoms with Crippen LogP contribution in [0.4, 0.5) is 13.2 Å². The lowest BCUT2D eigenvalue weighted by Gasteiger charge is -2.32. The molecule has 0 saturated carbocycles. The molecule has 1 aromatic carbocycles. The molecule has 9 heteroatoms. The second-order valence-electron chi connectivity index (χ2n) is 7.53. The summed E-state index contributed by atoms with van der Waals surface area (Å²) >= 11 is 0. The minimum atomic E-state index is -4.43. The fraction of sp³-hybridized carbons (Fsp3) is 0.348. The maximum Gasteiger partial charge on any atom is 0.416 e. The summed E-state index contributed by atoms with van der Waals surface area (Å²) in [6, 6.07) is 12.3. The van der Waals surface area contributed by atoms with Gasteiger partial charge in [-0.3, -0.25) is 9.78 Å². The summed E-state index contributed by atoms with van der Waals surface area (Å²) in [4.78, 5) is 18.9. The third-order valence-electron chi connectivity index (χ3n) is 5.34. The molecule has 32 heavy (non-hydrogen) atoms. The molecule has 1 aliphatic heterocycles. The Morgan fingerprint density at radius 3 is 2.72 bits per heavy atom. The van der Waals surface area contributed by atoms with E-state index in [4.69, 9.17) is 9.26 Å². The Morgan fingerprint density at radius 1 is 1.16 bits per heavy atom. The van der Waals surface area contributed by atoms with Gasteiger partial charge in [0.05, 0.1) is 30.1 Å². The lowest BCUT2D eigenvalue weighted by molar-refractivity contribution is -0.138. The zero-order valence-electron chi connectivity index (χ0n) is 17.4. The van der Waals surface area contributed by atoms with Crippen molar-refractivity contribution in [3.8, 4) is 0 Å². The van der Waals surface area contributed by atoms with E-state index < -0.39 is 17.8 Å². The zero-order valence-corrected chi connectivity index (χ0v) is 17.4. The maximum absolute atomic E-state index is 13.3. The molecule has 0 aliphatic carbocycles. The van der Waals surface area contributed by atoms with Crippen LogP contribution in [0.3, 0.4) is 0 Å². The van der Waals surface area contributed by atoms with E-state index in [9.17, 15) is 18.0 Å². The number of halogens is 3. The minimum Gasteiger partial charge on any atom is -0.368 e. The topological polar surface area (TPSA) is 68.5 Å². The highest BCUT2D eigenvalue weighted by Gasteiger charge is 2.33. The quantitative estimate of drug-likeness (QED) is 0.580. The fourth-order valence-electron chi connectivity index (χ4n) is 3.67. The minimum absolute atomic E-state index is 0.0384. The van der Waals surface area contributed by atoms with Crippen molar-refractivity contribution in [2.24, 2.45) is 0 Å². The molecule has 0 spiro atoms. The van der Waals surface area contributed by atoms with E-state index in [2.05, 4.69) is 10.1 Å². The van der Waals surface area contributed by atoms with E-state index in [0.29, 0.717) is 36.7 Å². The number of aromatic nitrogens is 2. The van der Waals surface area contributed by atoms with Gasteiger partial charge in [-0.2, -0.15) is 13.2 Å². The van der Waals surface area contributed by atoms with Crippen molar-refractivity contribution in [2.45, 2.75) is 32.0 Å². The normalized spacial score (nSPS) is 16.9. The summed E-state index contributed by atoms with van der Waals surface area (Å²) < 4.78 is 50.9. The van der Waals surface area contributed by atoms with E-state index >= 15 is 0 Å². The fourth-order valence-corrected chi connectivity index (χ4v) is 3.67. The summed E-state index contributed by atoms with van der Waals surface area (Å²) in [5, 5.41) is 3.86. The van der Waals surface area contributed by atoms with Crippen molar-refractivity contribution in [1.82, 2.24) is 15.0 Å². The van der Waals surface area contributed by atoms with Crippen LogP contribution in [-0.2, 0) is 23.8 Å². The van der Waals surface area contributed by atoms with E-state index in [0.717, 1.165) is 6.07 Å². The van der Waals surface area contributed by atoms with Crippen LogP contribution >= 0.6 is 0 Å². The van der Waals surface area contributed by atoms with Crippen molar-refractivity contribution in [3.05, 3.63) is 82.5 Å². The van der Waals surface area contributed by atoms with Gasteiger partial charge in [0.1, 0.15) is 6.10 Å². The maximum atomic E-state index is 13.3. The highest BCUT2D eigenvalue weighted by molar-refractivity contribution is 5.91. The molecule has 1 atom stereocenters. The van der Waals surface area contributed by atoms with Crippen LogP contribution in [0.15, 0.2) is 53.1 Å². The molecule has 0 N–H and O–H groups in total. The van der Waals surface area contributed by atoms with Gasteiger partial charge in [-0.25, -0.2) is 0 Å². The van der Waals surface area contributed by atoms with Gasteiger partial charge in [-0.05, 0) is 30.2 Å². The van der Waals surface area contributed by atoms with Crippen molar-refractivity contribution in [3.63, 3.8) is 0 Å². The van der Waals surface area contributed by atoms with E-state index in [1.54, 1.807) is 35.2 Å². The molecular weight excluding hydrogens is 423 g/mol. The Labute approximate surface area is 183 Å². The zero-order chi connectivity index (χ0) is 22.7. The second kappa shape index (κ2) is 9.12. The molecule has 3 heterocycles. The summed E-state index contributed by atoms with van der Waals surface area (Å²) in [6.45, 7) is 2.89. The molecule has 0 unspecified atom stereocenters. The largest absolute Gasteiger partial charge is 0.416 e. The van der Waals surface area contributed by atoms with Crippen LogP contribution in [0.25, 0.3) is 0 Å². The number of benzene rings is 1. The Bertz CT molecular complexity index is 1100. The number of carbonyl (C=O) groups is 1. The van der Waals surface area contributed by atoms with Crippen molar-refractivity contribution >= 4 is 5.91 Å². The molecule has 2 aromatic heterocycles. The number of hydrogen-bond donors (Lipinski definition) is 0. The van der Waals surface area contributed by atoms with Gasteiger partial charge < -0.3 is 14.2 Å². The summed E-state index contributed by atoms with van der Waals surface area (Å²) in [6.07, 6.45) is -4.22. The molecule has 1 amide bonds. The second-order valence-corrected chi connectivity index (χ2v) is 7.53. The number of pyridine rings is 1. The first-order valence-electron chi connectivity index (χ1n) is 10.3. The highest BCUT2D eigenvalue weighted by atomic mass is 19.4. The Kier molecular flexibility index (Phi) is 6.27. The van der Waals surface area contributed by atoms with Gasteiger partial charge in [-0.1, -0.05) is 36.3 Å². The Balaban J connectivity index is 1.50. The monoisotopic (exact) mass is 445 g/mol. The predicted molar refractivity (Wildman–Crippen MR) is 109 cm³/mol. The van der Waals surface area contributed by atoms with Crippen LogP contribution in [0.2, 0.25) is 0 Å². The van der Waals surface area contributed by atoms with Crippen LogP contribution in [0.5, 0.6) is 0 Å². The van der Waals surface area contributed by atoms with Gasteiger partial charge >= 0.3 is 6.18 Å². The lowest BCUT2D eigenvalue weighted by atomic mass is 10.0. The third kappa shape index (κ3) is 4.83. The van der Waals surface area contributed by atoms with Crippen molar-refractivity contribution in [1.29, 1.82) is 0 Å². The Hall–Kier alpha value is -3.20. The summed E-state index contributed by atoms with van der Waals surface area (Å²) in [5.41, 5.74) is 1.25. The number of ether oxygens (including phenoxy) is 1. The molecule has 0 bridgehead atoms. The number of rotatable bonds is 5. The SMILES string of the molecule is CCc1cc(C(=O)N2CCO[C@H](c3cccc(Cc4ccccc4C(F)(F)F)n3)C2)on1. The Morgan fingerprint density at radius 2 is 1.97 bits per heavy atom. The number of amides is 1. The van der Waals surface area contributed by atoms with E-state index in [-0.39, 0.29) is 30.2 Å². The van der Waals surface area contributed by atoms with Crippen molar-refractivity contribution < 1.29 is 27.2 Å². The predicted octanol–water partition coefficient (Wildman–Crippen LogP) is 4.46. The van der Waals surface area contributed by atoms with Gasteiger partial charge in [0, 0.05) is 24.7 Å². The molecule has 1 fully saturated rings. The molecule has 1 saturated heterocycles. The highest BCUT2D eigenvalue weighted by Crippen LogP contribution is 2.33. The van der Waals surface area contributed by atoms with Crippen LogP contribution in [-0.4, -0.2) is 40.6 Å². The summed E-state index contributed by atoms with van der Waals surface area (Å²) in [5.74, 6) is -0.103. The molecule has 1 aliphatic rings. The number of morpholine rings is 1. The van der Waals surface area contributed by atoms with Crippen molar-refractivity contribution in [2.75, 3.05) is 19.7 Å². The number of aryl methyl sites for hydroxylation is 1. The molecule has 0 radical (unpaired) electrons. The van der Waals surface area contributed by atoms with Crippen LogP contribution in [0.1, 0.15) is 51.8 Å². The average molecular weight is 445 g/mol. The van der Waals surface area contributed by atoms with Gasteiger partial charge in [0.2, 0.25) is 5.76 Å². The van der Waals surface area contributed by atoms with Gasteiger partial charge in [0.25, 0.3) is 5.91 Å². The number of alkyl halides is 3. The van der Waals surface area contributed by atoms with E-state index in [1.807, 2.05) is 6.92 Å². The molecule has 3 aromatic rings. The number of carbonyl (C=O) groups excluding carboxylic acids is 1.